The lowest BCUT2D eigenvalue weighted by Gasteiger charge is -2.19. The zero-order valence-corrected chi connectivity index (χ0v) is 15.9. The highest BCUT2D eigenvalue weighted by atomic mass is 16.4. The number of Topliss-reactive ketones (excluding diaryl/α,β-unsaturated/α-hetero) is 1. The van der Waals surface area contributed by atoms with E-state index in [1.807, 2.05) is 18.2 Å². The highest BCUT2D eigenvalue weighted by Crippen LogP contribution is 2.33. The molecule has 0 heterocycles. The lowest BCUT2D eigenvalue weighted by molar-refractivity contribution is -0.137. The predicted molar refractivity (Wildman–Crippen MR) is 104 cm³/mol. The van der Waals surface area contributed by atoms with Crippen LogP contribution in [0.3, 0.4) is 0 Å². The molecule has 0 radical (unpaired) electrons. The van der Waals surface area contributed by atoms with Gasteiger partial charge in [0, 0.05) is 24.7 Å². The number of carbonyl (C=O) groups is 2. The quantitative estimate of drug-likeness (QED) is 0.401. The standard InChI is InChI=1S/C22H32O5/c23-17(14-16-8-4-3-5-9-16)12-13-19-18(20(24)15-21(19)25)10-6-1-2-7-11-22(26)27/h1,4,6,8,12-13,16-19,21,23,25H,2-3,5,7,9-11,14-15H2,(H,26,27)/b6-1-,13-12+/t16?,17?,18-,19-,21-/m1/s1. The SMILES string of the molecule is O=C(O)CCC/C=C\C[C@H]1C(=O)C[C@@H](O)[C@@H]1/C=C/C(O)CC1C=CCCC1. The maximum Gasteiger partial charge on any atom is 0.303 e. The van der Waals surface area contributed by atoms with Crippen molar-refractivity contribution in [2.45, 2.75) is 70.0 Å². The second-order valence-electron chi connectivity index (χ2n) is 7.72. The molecule has 5 nitrogen and oxygen atoms in total. The van der Waals surface area contributed by atoms with E-state index < -0.39 is 18.2 Å². The predicted octanol–water partition coefficient (Wildman–Crippen LogP) is 3.42. The molecule has 1 fully saturated rings. The molecule has 2 unspecified atom stereocenters. The first kappa shape index (κ1) is 21.6. The highest BCUT2D eigenvalue weighted by Gasteiger charge is 2.39. The van der Waals surface area contributed by atoms with Crippen LogP contribution in [0.25, 0.3) is 0 Å². The van der Waals surface area contributed by atoms with Crippen LogP contribution in [0.2, 0.25) is 0 Å². The molecular weight excluding hydrogens is 344 g/mol. The van der Waals surface area contributed by atoms with E-state index in [2.05, 4.69) is 12.2 Å². The second kappa shape index (κ2) is 11.2. The second-order valence-corrected chi connectivity index (χ2v) is 7.72. The number of unbranched alkanes of at least 4 members (excludes halogenated alkanes) is 1. The summed E-state index contributed by atoms with van der Waals surface area (Å²) in [6.45, 7) is 0. The fourth-order valence-electron chi connectivity index (χ4n) is 3.98. The zero-order chi connectivity index (χ0) is 19.6. The third-order valence-electron chi connectivity index (χ3n) is 5.50. The fraction of sp³-hybridized carbons (Fsp3) is 0.636. The van der Waals surface area contributed by atoms with Gasteiger partial charge in [0.1, 0.15) is 5.78 Å². The Morgan fingerprint density at radius 3 is 2.85 bits per heavy atom. The van der Waals surface area contributed by atoms with Crippen LogP contribution in [-0.2, 0) is 9.59 Å². The summed E-state index contributed by atoms with van der Waals surface area (Å²) in [7, 11) is 0. The van der Waals surface area contributed by atoms with Crippen molar-refractivity contribution >= 4 is 11.8 Å². The molecule has 2 aliphatic carbocycles. The fourth-order valence-corrected chi connectivity index (χ4v) is 3.98. The van der Waals surface area contributed by atoms with Crippen LogP contribution in [0.15, 0.2) is 36.5 Å². The number of carboxylic acid groups (broad SMARTS) is 1. The van der Waals surface area contributed by atoms with Crippen molar-refractivity contribution in [3.63, 3.8) is 0 Å². The third-order valence-corrected chi connectivity index (χ3v) is 5.50. The van der Waals surface area contributed by atoms with Gasteiger partial charge < -0.3 is 15.3 Å². The molecule has 0 spiro atoms. The molecule has 1 saturated carbocycles. The maximum absolute atomic E-state index is 12.2. The molecule has 2 rings (SSSR count). The van der Waals surface area contributed by atoms with E-state index in [4.69, 9.17) is 5.11 Å². The van der Waals surface area contributed by atoms with Crippen LogP contribution >= 0.6 is 0 Å². The number of ketones is 1. The van der Waals surface area contributed by atoms with Crippen LogP contribution in [0.1, 0.15) is 57.8 Å². The Bertz CT molecular complexity index is 577. The van der Waals surface area contributed by atoms with Gasteiger partial charge in [-0.05, 0) is 50.9 Å². The topological polar surface area (TPSA) is 94.8 Å². The number of rotatable bonds is 10. The highest BCUT2D eigenvalue weighted by molar-refractivity contribution is 5.84. The Labute approximate surface area is 161 Å². The van der Waals surface area contributed by atoms with E-state index in [0.717, 1.165) is 19.3 Å². The van der Waals surface area contributed by atoms with Crippen molar-refractivity contribution in [3.05, 3.63) is 36.5 Å². The van der Waals surface area contributed by atoms with Gasteiger partial charge in [0.05, 0.1) is 12.2 Å². The van der Waals surface area contributed by atoms with Gasteiger partial charge >= 0.3 is 5.97 Å². The first-order valence-electron chi connectivity index (χ1n) is 10.1. The average Bonchev–Trinajstić information content (AvgIpc) is 2.89. The minimum absolute atomic E-state index is 0.0528. The van der Waals surface area contributed by atoms with Gasteiger partial charge in [-0.1, -0.05) is 36.5 Å². The molecule has 0 aromatic rings. The molecule has 0 saturated heterocycles. The van der Waals surface area contributed by atoms with Crippen molar-refractivity contribution in [2.75, 3.05) is 0 Å². The smallest absolute Gasteiger partial charge is 0.303 e. The summed E-state index contributed by atoms with van der Waals surface area (Å²) in [5.41, 5.74) is 0. The number of aliphatic hydroxyl groups excluding tert-OH is 2. The molecule has 0 bridgehead atoms. The van der Waals surface area contributed by atoms with Gasteiger partial charge in [-0.25, -0.2) is 0 Å². The normalized spacial score (nSPS) is 29.8. The van der Waals surface area contributed by atoms with Crippen LogP contribution in [0.5, 0.6) is 0 Å². The van der Waals surface area contributed by atoms with Gasteiger partial charge in [0.2, 0.25) is 0 Å². The Balaban J connectivity index is 1.83. The molecule has 5 atom stereocenters. The largest absolute Gasteiger partial charge is 0.481 e. The molecular formula is C22H32O5. The molecule has 0 aromatic carbocycles. The number of carboxylic acids is 1. The third kappa shape index (κ3) is 7.43. The Morgan fingerprint density at radius 2 is 2.15 bits per heavy atom. The molecule has 27 heavy (non-hydrogen) atoms. The van der Waals surface area contributed by atoms with Crippen molar-refractivity contribution in [1.82, 2.24) is 0 Å². The van der Waals surface area contributed by atoms with Gasteiger partial charge in [-0.2, -0.15) is 0 Å². The Kier molecular flexibility index (Phi) is 8.95. The number of allylic oxidation sites excluding steroid dienone is 4. The van der Waals surface area contributed by atoms with E-state index in [1.165, 1.54) is 0 Å². The molecule has 2 aliphatic rings. The molecule has 0 aromatic heterocycles. The lowest BCUT2D eigenvalue weighted by Crippen LogP contribution is -2.19. The Hall–Kier alpha value is -1.72. The number of hydrogen-bond donors (Lipinski definition) is 3. The number of aliphatic carboxylic acids is 1. The molecule has 5 heteroatoms. The summed E-state index contributed by atoms with van der Waals surface area (Å²) in [4.78, 5) is 22.7. The van der Waals surface area contributed by atoms with E-state index in [1.54, 1.807) is 6.08 Å². The molecule has 150 valence electrons. The minimum atomic E-state index is -0.801. The summed E-state index contributed by atoms with van der Waals surface area (Å²) in [6.07, 6.45) is 16.6. The molecule has 0 aliphatic heterocycles. The van der Waals surface area contributed by atoms with Gasteiger partial charge in [-0.3, -0.25) is 9.59 Å². The van der Waals surface area contributed by atoms with E-state index in [0.29, 0.717) is 31.6 Å². The summed E-state index contributed by atoms with van der Waals surface area (Å²) in [6, 6.07) is 0. The van der Waals surface area contributed by atoms with Gasteiger partial charge in [0.25, 0.3) is 0 Å². The van der Waals surface area contributed by atoms with Crippen LogP contribution in [0, 0.1) is 17.8 Å². The van der Waals surface area contributed by atoms with Crippen molar-refractivity contribution in [2.24, 2.45) is 17.8 Å². The molecule has 3 N–H and O–H groups in total. The van der Waals surface area contributed by atoms with Gasteiger partial charge in [0.15, 0.2) is 0 Å². The number of hydrogen-bond acceptors (Lipinski definition) is 4. The first-order chi connectivity index (χ1) is 13.0. The summed E-state index contributed by atoms with van der Waals surface area (Å²) in [5.74, 6) is -0.883. The van der Waals surface area contributed by atoms with E-state index >= 15 is 0 Å². The maximum atomic E-state index is 12.2. The Morgan fingerprint density at radius 1 is 1.33 bits per heavy atom. The minimum Gasteiger partial charge on any atom is -0.481 e. The molecule has 0 amide bonds. The van der Waals surface area contributed by atoms with Gasteiger partial charge in [-0.15, -0.1) is 0 Å². The van der Waals surface area contributed by atoms with E-state index in [-0.39, 0.29) is 30.5 Å². The lowest BCUT2D eigenvalue weighted by atomic mass is 9.88. The first-order valence-corrected chi connectivity index (χ1v) is 10.1. The number of carbonyl (C=O) groups excluding carboxylic acids is 1. The average molecular weight is 376 g/mol. The van der Waals surface area contributed by atoms with Crippen LogP contribution < -0.4 is 0 Å². The van der Waals surface area contributed by atoms with Crippen molar-refractivity contribution in [1.29, 1.82) is 0 Å². The monoisotopic (exact) mass is 376 g/mol. The summed E-state index contributed by atoms with van der Waals surface area (Å²) >= 11 is 0. The van der Waals surface area contributed by atoms with Crippen molar-refractivity contribution < 1.29 is 24.9 Å². The van der Waals surface area contributed by atoms with Crippen LogP contribution in [-0.4, -0.2) is 39.3 Å². The van der Waals surface area contributed by atoms with E-state index in [9.17, 15) is 19.8 Å². The summed E-state index contributed by atoms with van der Waals surface area (Å²) in [5, 5.41) is 29.1. The van der Waals surface area contributed by atoms with Crippen molar-refractivity contribution in [3.8, 4) is 0 Å². The zero-order valence-electron chi connectivity index (χ0n) is 15.9. The van der Waals surface area contributed by atoms with Crippen LogP contribution in [0.4, 0.5) is 0 Å². The summed E-state index contributed by atoms with van der Waals surface area (Å²) < 4.78 is 0. The number of aliphatic hydroxyl groups is 2.